The van der Waals surface area contributed by atoms with Gasteiger partial charge in [-0.25, -0.2) is 4.39 Å². The summed E-state index contributed by atoms with van der Waals surface area (Å²) in [5, 5.41) is 3.65. The molecule has 3 rings (SSSR count). The molecule has 0 radical (unpaired) electrons. The Hall–Kier alpha value is -2.11. The Labute approximate surface area is 184 Å². The van der Waals surface area contributed by atoms with E-state index in [1.54, 1.807) is 12.1 Å². The number of carbonyl (C=O) groups excluding carboxylic acids is 1. The van der Waals surface area contributed by atoms with Crippen LogP contribution in [0.25, 0.3) is 0 Å². The van der Waals surface area contributed by atoms with Gasteiger partial charge in [0.15, 0.2) is 0 Å². The quantitative estimate of drug-likeness (QED) is 0.467. The Bertz CT molecular complexity index is 974. The highest BCUT2D eigenvalue weighted by molar-refractivity contribution is 6.42. The van der Waals surface area contributed by atoms with Gasteiger partial charge in [0.2, 0.25) is 5.91 Å². The number of amides is 1. The molecule has 0 bridgehead atoms. The Morgan fingerprint density at radius 1 is 0.966 bits per heavy atom. The van der Waals surface area contributed by atoms with Crippen molar-refractivity contribution in [3.8, 4) is 0 Å². The predicted molar refractivity (Wildman–Crippen MR) is 117 cm³/mol. The zero-order valence-electron chi connectivity index (χ0n) is 15.5. The number of nitrogens with one attached hydrogen (secondary N) is 1. The number of benzene rings is 3. The average Bonchev–Trinajstić information content (AvgIpc) is 2.67. The summed E-state index contributed by atoms with van der Waals surface area (Å²) in [6.07, 6.45) is 0. The molecular formula is C22H18Cl3FN2O. The lowest BCUT2D eigenvalue weighted by molar-refractivity contribution is -0.117. The van der Waals surface area contributed by atoms with Gasteiger partial charge in [0.25, 0.3) is 0 Å². The Morgan fingerprint density at radius 2 is 1.52 bits per heavy atom. The fraction of sp³-hybridized carbons (Fsp3) is 0.136. The maximum absolute atomic E-state index is 13.4. The number of hydrogen-bond donors (Lipinski definition) is 1. The van der Waals surface area contributed by atoms with Gasteiger partial charge in [-0.05, 0) is 42.4 Å². The average molecular weight is 452 g/mol. The molecule has 0 aliphatic rings. The molecule has 0 aromatic heterocycles. The SMILES string of the molecule is CN(CC(=O)Nc1c(Cl)cc(Cl)cc1Cl)C(c1ccccc1)c1ccc(F)cc1. The van der Waals surface area contributed by atoms with Crippen LogP contribution in [0, 0.1) is 5.82 Å². The second kappa shape index (κ2) is 9.59. The monoisotopic (exact) mass is 450 g/mol. The lowest BCUT2D eigenvalue weighted by Crippen LogP contribution is -2.34. The van der Waals surface area contributed by atoms with E-state index in [4.69, 9.17) is 34.8 Å². The van der Waals surface area contributed by atoms with Crippen LogP contribution in [0.5, 0.6) is 0 Å². The van der Waals surface area contributed by atoms with Crippen LogP contribution >= 0.6 is 34.8 Å². The van der Waals surface area contributed by atoms with E-state index < -0.39 is 0 Å². The van der Waals surface area contributed by atoms with Gasteiger partial charge in [-0.3, -0.25) is 9.69 Å². The van der Waals surface area contributed by atoms with Crippen molar-refractivity contribution in [2.24, 2.45) is 0 Å². The largest absolute Gasteiger partial charge is 0.322 e. The first-order valence-corrected chi connectivity index (χ1v) is 9.93. The summed E-state index contributed by atoms with van der Waals surface area (Å²) in [5.74, 6) is -0.602. The van der Waals surface area contributed by atoms with Gasteiger partial charge in [0, 0.05) is 5.02 Å². The second-order valence-electron chi connectivity index (χ2n) is 6.57. The molecule has 3 nitrogen and oxygen atoms in total. The Balaban J connectivity index is 1.82. The van der Waals surface area contributed by atoms with Crippen molar-refractivity contribution < 1.29 is 9.18 Å². The van der Waals surface area contributed by atoms with Crippen LogP contribution in [0.4, 0.5) is 10.1 Å². The van der Waals surface area contributed by atoms with Gasteiger partial charge in [-0.1, -0.05) is 77.3 Å². The summed E-state index contributed by atoms with van der Waals surface area (Å²) in [5.41, 5.74) is 2.17. The molecule has 1 amide bonds. The van der Waals surface area contributed by atoms with Crippen LogP contribution in [0.2, 0.25) is 15.1 Å². The van der Waals surface area contributed by atoms with Crippen LogP contribution in [0.1, 0.15) is 17.2 Å². The van der Waals surface area contributed by atoms with Gasteiger partial charge in [-0.15, -0.1) is 0 Å². The molecule has 3 aromatic carbocycles. The molecule has 3 aromatic rings. The minimum atomic E-state index is -0.312. The molecule has 0 aliphatic carbocycles. The first-order chi connectivity index (χ1) is 13.8. The number of likely N-dealkylation sites (N-methyl/N-ethyl adjacent to an activating group) is 1. The van der Waals surface area contributed by atoms with E-state index in [1.807, 2.05) is 42.3 Å². The fourth-order valence-corrected chi connectivity index (χ4v) is 4.05. The van der Waals surface area contributed by atoms with Crippen LogP contribution < -0.4 is 5.32 Å². The Kier molecular flexibility index (Phi) is 7.14. The molecule has 0 heterocycles. The van der Waals surface area contributed by atoms with Gasteiger partial charge >= 0.3 is 0 Å². The van der Waals surface area contributed by atoms with Crippen molar-refractivity contribution in [2.45, 2.75) is 6.04 Å². The van der Waals surface area contributed by atoms with Crippen molar-refractivity contribution in [3.63, 3.8) is 0 Å². The van der Waals surface area contributed by atoms with Crippen LogP contribution in [-0.4, -0.2) is 24.4 Å². The van der Waals surface area contributed by atoms with E-state index >= 15 is 0 Å². The van der Waals surface area contributed by atoms with Crippen LogP contribution in [-0.2, 0) is 4.79 Å². The van der Waals surface area contributed by atoms with Crippen molar-refractivity contribution >= 4 is 46.4 Å². The first kappa shape index (κ1) is 21.6. The molecule has 1 unspecified atom stereocenters. The fourth-order valence-electron chi connectivity index (χ4n) is 3.14. The number of rotatable bonds is 6. The summed E-state index contributed by atoms with van der Waals surface area (Å²) in [4.78, 5) is 14.5. The molecular weight excluding hydrogens is 434 g/mol. The van der Waals surface area contributed by atoms with Gasteiger partial charge < -0.3 is 5.32 Å². The highest BCUT2D eigenvalue weighted by Gasteiger charge is 2.22. The normalized spacial score (nSPS) is 12.1. The number of carbonyl (C=O) groups is 1. The molecule has 0 saturated carbocycles. The minimum absolute atomic E-state index is 0.0617. The molecule has 0 fully saturated rings. The lowest BCUT2D eigenvalue weighted by atomic mass is 9.97. The van der Waals surface area contributed by atoms with Crippen molar-refractivity contribution in [2.75, 3.05) is 18.9 Å². The number of halogens is 4. The third-order valence-electron chi connectivity index (χ3n) is 4.41. The number of anilines is 1. The second-order valence-corrected chi connectivity index (χ2v) is 7.82. The van der Waals surface area contributed by atoms with Crippen molar-refractivity contribution in [1.82, 2.24) is 4.90 Å². The molecule has 0 spiro atoms. The highest BCUT2D eigenvalue weighted by Crippen LogP contribution is 2.34. The van der Waals surface area contributed by atoms with Gasteiger partial charge in [0.05, 0.1) is 28.3 Å². The third-order valence-corrected chi connectivity index (χ3v) is 5.22. The van der Waals surface area contributed by atoms with Crippen molar-refractivity contribution in [3.05, 3.63) is 98.7 Å². The smallest absolute Gasteiger partial charge is 0.238 e. The van der Waals surface area contributed by atoms with Crippen molar-refractivity contribution in [1.29, 1.82) is 0 Å². The van der Waals surface area contributed by atoms with Crippen LogP contribution in [0.15, 0.2) is 66.7 Å². The zero-order chi connectivity index (χ0) is 21.0. The predicted octanol–water partition coefficient (Wildman–Crippen LogP) is 6.45. The Morgan fingerprint density at radius 3 is 2.10 bits per heavy atom. The zero-order valence-corrected chi connectivity index (χ0v) is 17.8. The van der Waals surface area contributed by atoms with E-state index in [-0.39, 0.29) is 34.4 Å². The van der Waals surface area contributed by atoms with E-state index in [1.165, 1.54) is 24.3 Å². The lowest BCUT2D eigenvalue weighted by Gasteiger charge is -2.28. The first-order valence-electron chi connectivity index (χ1n) is 8.80. The summed E-state index contributed by atoms with van der Waals surface area (Å²) in [6.45, 7) is 0.0617. The van der Waals surface area contributed by atoms with E-state index in [2.05, 4.69) is 5.32 Å². The molecule has 1 N–H and O–H groups in total. The molecule has 29 heavy (non-hydrogen) atoms. The maximum Gasteiger partial charge on any atom is 0.238 e. The minimum Gasteiger partial charge on any atom is -0.322 e. The topological polar surface area (TPSA) is 32.3 Å². The summed E-state index contributed by atoms with van der Waals surface area (Å²) in [7, 11) is 1.83. The van der Waals surface area contributed by atoms with E-state index in [0.29, 0.717) is 10.7 Å². The van der Waals surface area contributed by atoms with Crippen LogP contribution in [0.3, 0.4) is 0 Å². The number of hydrogen-bond acceptors (Lipinski definition) is 2. The third kappa shape index (κ3) is 5.49. The summed E-state index contributed by atoms with van der Waals surface area (Å²) >= 11 is 18.2. The molecule has 7 heteroatoms. The molecule has 1 atom stereocenters. The molecule has 150 valence electrons. The molecule has 0 saturated heterocycles. The van der Waals surface area contributed by atoms with Gasteiger partial charge in [-0.2, -0.15) is 0 Å². The summed E-state index contributed by atoms with van der Waals surface area (Å²) < 4.78 is 13.4. The van der Waals surface area contributed by atoms with E-state index in [9.17, 15) is 9.18 Å². The van der Waals surface area contributed by atoms with Gasteiger partial charge in [0.1, 0.15) is 5.82 Å². The summed E-state index contributed by atoms with van der Waals surface area (Å²) in [6, 6.07) is 18.7. The molecule has 0 aliphatic heterocycles. The van der Waals surface area contributed by atoms with E-state index in [0.717, 1.165) is 11.1 Å². The highest BCUT2D eigenvalue weighted by atomic mass is 35.5. The maximum atomic E-state index is 13.4. The number of nitrogens with zero attached hydrogens (tertiary/aromatic N) is 1. The standard InChI is InChI=1S/C22H18Cl3FN2O/c1-28(13-20(29)27-21-18(24)11-16(23)12-19(21)25)22(14-5-3-2-4-6-14)15-7-9-17(26)10-8-15/h2-12,22H,13H2,1H3,(H,27,29).